The standard InChI is InChI=1S/C32H36FN5O2.2ClH/c1-22-10-9-15-28(23(22)2)37-18-16-36(17-19-37)21-26(39)20-34-32(40)30-24(3)38(29-14-8-7-13-27(29)33)31(35-30)25-11-5-4-6-12-25;;/h4-15,26,39H,16-21H2,1-3H3,(H,34,40);2*1H. The van der Waals surface area contributed by atoms with Crippen LogP contribution in [0.25, 0.3) is 17.1 Å². The lowest BCUT2D eigenvalue weighted by Gasteiger charge is -2.37. The molecule has 0 bridgehead atoms. The van der Waals surface area contributed by atoms with E-state index in [4.69, 9.17) is 0 Å². The predicted molar refractivity (Wildman–Crippen MR) is 171 cm³/mol. The number of imidazole rings is 1. The molecule has 224 valence electrons. The van der Waals surface area contributed by atoms with E-state index < -0.39 is 17.8 Å². The van der Waals surface area contributed by atoms with Crippen LogP contribution >= 0.6 is 24.8 Å². The molecule has 0 spiro atoms. The van der Waals surface area contributed by atoms with E-state index in [0.29, 0.717) is 23.8 Å². The highest BCUT2D eigenvalue weighted by atomic mass is 35.5. The summed E-state index contributed by atoms with van der Waals surface area (Å²) in [5.41, 5.74) is 5.69. The average molecular weight is 615 g/mol. The SMILES string of the molecule is Cc1cccc(N2CCN(CC(O)CNC(=O)c3nc(-c4ccccc4)n(-c4ccccc4F)c3C)CC2)c1C.Cl.Cl. The number of amides is 1. The summed E-state index contributed by atoms with van der Waals surface area (Å²) in [7, 11) is 0. The van der Waals surface area contributed by atoms with E-state index in [2.05, 4.69) is 52.1 Å². The van der Waals surface area contributed by atoms with Crippen LogP contribution in [0, 0.1) is 26.6 Å². The minimum absolute atomic E-state index is 0. The molecule has 0 saturated carbocycles. The molecule has 42 heavy (non-hydrogen) atoms. The van der Waals surface area contributed by atoms with Crippen LogP contribution in [0.5, 0.6) is 0 Å². The number of para-hydroxylation sites is 1. The van der Waals surface area contributed by atoms with Crippen molar-refractivity contribution in [2.45, 2.75) is 26.9 Å². The number of piperazine rings is 1. The first-order chi connectivity index (χ1) is 19.3. The van der Waals surface area contributed by atoms with E-state index in [1.54, 1.807) is 29.7 Å². The molecule has 5 rings (SSSR count). The first-order valence-corrected chi connectivity index (χ1v) is 13.7. The molecule has 0 radical (unpaired) electrons. The second kappa shape index (κ2) is 14.6. The lowest BCUT2D eigenvalue weighted by molar-refractivity contribution is 0.0847. The number of aromatic nitrogens is 2. The summed E-state index contributed by atoms with van der Waals surface area (Å²) in [6, 6.07) is 22.3. The highest BCUT2D eigenvalue weighted by Crippen LogP contribution is 2.28. The van der Waals surface area contributed by atoms with Gasteiger partial charge in [0.25, 0.3) is 5.91 Å². The minimum atomic E-state index is -0.723. The van der Waals surface area contributed by atoms with Gasteiger partial charge in [-0.3, -0.25) is 14.3 Å². The number of halogens is 3. The molecule has 1 aliphatic rings. The molecular weight excluding hydrogens is 576 g/mol. The van der Waals surface area contributed by atoms with Gasteiger partial charge in [0.1, 0.15) is 17.3 Å². The number of carbonyl (C=O) groups is 1. The monoisotopic (exact) mass is 613 g/mol. The van der Waals surface area contributed by atoms with Crippen LogP contribution in [-0.4, -0.2) is 70.8 Å². The number of aliphatic hydroxyl groups is 1. The van der Waals surface area contributed by atoms with E-state index >= 15 is 0 Å². The maximum Gasteiger partial charge on any atom is 0.271 e. The molecule has 7 nitrogen and oxygen atoms in total. The third kappa shape index (κ3) is 7.13. The molecule has 10 heteroatoms. The van der Waals surface area contributed by atoms with Crippen LogP contribution in [0.1, 0.15) is 27.3 Å². The molecule has 1 aliphatic heterocycles. The molecule has 3 aromatic carbocycles. The van der Waals surface area contributed by atoms with Crippen molar-refractivity contribution < 1.29 is 14.3 Å². The number of rotatable bonds is 8. The summed E-state index contributed by atoms with van der Waals surface area (Å²) in [5.74, 6) is -0.320. The maximum absolute atomic E-state index is 14.8. The second-order valence-electron chi connectivity index (χ2n) is 10.4. The van der Waals surface area contributed by atoms with Crippen LogP contribution < -0.4 is 10.2 Å². The molecule has 1 aromatic heterocycles. The van der Waals surface area contributed by atoms with Crippen molar-refractivity contribution in [3.05, 3.63) is 101 Å². The summed E-state index contributed by atoms with van der Waals surface area (Å²) in [4.78, 5) is 22.5. The largest absolute Gasteiger partial charge is 0.390 e. The van der Waals surface area contributed by atoms with Crippen molar-refractivity contribution in [1.82, 2.24) is 19.8 Å². The number of aliphatic hydroxyl groups excluding tert-OH is 1. The van der Waals surface area contributed by atoms with Gasteiger partial charge in [0.2, 0.25) is 0 Å². The Kier molecular flexibility index (Phi) is 11.5. The molecule has 4 aromatic rings. The summed E-state index contributed by atoms with van der Waals surface area (Å²) in [6.07, 6.45) is -0.723. The molecule has 2 heterocycles. The Morgan fingerprint density at radius 3 is 2.24 bits per heavy atom. The van der Waals surface area contributed by atoms with Crippen molar-refractivity contribution in [2.75, 3.05) is 44.2 Å². The molecule has 0 aliphatic carbocycles. The number of anilines is 1. The second-order valence-corrected chi connectivity index (χ2v) is 10.4. The van der Waals surface area contributed by atoms with Crippen LogP contribution in [0.15, 0.2) is 72.8 Å². The van der Waals surface area contributed by atoms with Gasteiger partial charge in [-0.1, -0.05) is 54.6 Å². The lowest BCUT2D eigenvalue weighted by atomic mass is 10.1. The molecule has 1 saturated heterocycles. The summed E-state index contributed by atoms with van der Waals surface area (Å²) >= 11 is 0. The first-order valence-electron chi connectivity index (χ1n) is 13.7. The molecule has 1 amide bonds. The van der Waals surface area contributed by atoms with Gasteiger partial charge in [-0.25, -0.2) is 9.37 Å². The van der Waals surface area contributed by atoms with Crippen molar-refractivity contribution >= 4 is 36.4 Å². The Morgan fingerprint density at radius 1 is 0.905 bits per heavy atom. The van der Waals surface area contributed by atoms with E-state index in [1.165, 1.54) is 22.9 Å². The number of nitrogens with one attached hydrogen (secondary N) is 1. The molecule has 1 atom stereocenters. The van der Waals surface area contributed by atoms with Crippen molar-refractivity contribution in [1.29, 1.82) is 0 Å². The quantitative estimate of drug-likeness (QED) is 0.280. The third-order valence-corrected chi connectivity index (χ3v) is 7.70. The van der Waals surface area contributed by atoms with Crippen molar-refractivity contribution in [3.8, 4) is 17.1 Å². The Morgan fingerprint density at radius 2 is 1.55 bits per heavy atom. The zero-order valence-electron chi connectivity index (χ0n) is 24.1. The van der Waals surface area contributed by atoms with E-state index in [0.717, 1.165) is 31.7 Å². The zero-order valence-corrected chi connectivity index (χ0v) is 25.7. The lowest BCUT2D eigenvalue weighted by Crippen LogP contribution is -2.50. The fraction of sp³-hybridized carbons (Fsp3) is 0.312. The van der Waals surface area contributed by atoms with Gasteiger partial charge < -0.3 is 15.3 Å². The number of β-amino-alcohol motifs (C(OH)–C–C–N with tert-alkyl or cyclic N) is 1. The van der Waals surface area contributed by atoms with E-state index in [9.17, 15) is 14.3 Å². The van der Waals surface area contributed by atoms with Gasteiger partial charge in [0.15, 0.2) is 0 Å². The van der Waals surface area contributed by atoms with Crippen LogP contribution in [-0.2, 0) is 0 Å². The number of benzene rings is 3. The predicted octanol–water partition coefficient (Wildman–Crippen LogP) is 5.36. The Hall–Kier alpha value is -3.43. The van der Waals surface area contributed by atoms with Crippen LogP contribution in [0.3, 0.4) is 0 Å². The van der Waals surface area contributed by atoms with Gasteiger partial charge in [-0.15, -0.1) is 24.8 Å². The van der Waals surface area contributed by atoms with Crippen LogP contribution in [0.4, 0.5) is 10.1 Å². The number of aryl methyl sites for hydroxylation is 1. The summed E-state index contributed by atoms with van der Waals surface area (Å²) in [6.45, 7) is 10.1. The molecular formula is C32H38Cl2FN5O2. The highest BCUT2D eigenvalue weighted by molar-refractivity contribution is 5.94. The van der Waals surface area contributed by atoms with Crippen molar-refractivity contribution in [2.24, 2.45) is 0 Å². The zero-order chi connectivity index (χ0) is 28.2. The normalized spacial score (nSPS) is 14.1. The van der Waals surface area contributed by atoms with Crippen molar-refractivity contribution in [3.63, 3.8) is 0 Å². The Bertz CT molecular complexity index is 1490. The van der Waals surface area contributed by atoms with Gasteiger partial charge in [0.05, 0.1) is 17.5 Å². The number of hydrogen-bond acceptors (Lipinski definition) is 5. The van der Waals surface area contributed by atoms with Gasteiger partial charge in [0, 0.05) is 50.5 Å². The number of carbonyl (C=O) groups excluding carboxylic acids is 1. The first kappa shape index (κ1) is 33.1. The highest BCUT2D eigenvalue weighted by Gasteiger charge is 2.25. The molecule has 1 fully saturated rings. The topological polar surface area (TPSA) is 73.6 Å². The van der Waals surface area contributed by atoms with Gasteiger partial charge in [-0.05, 0) is 50.1 Å². The van der Waals surface area contributed by atoms with E-state index in [1.807, 2.05) is 30.3 Å². The fourth-order valence-corrected chi connectivity index (χ4v) is 5.33. The minimum Gasteiger partial charge on any atom is -0.390 e. The summed E-state index contributed by atoms with van der Waals surface area (Å²) < 4.78 is 16.5. The number of hydrogen-bond donors (Lipinski definition) is 2. The molecule has 2 N–H and O–H groups in total. The summed E-state index contributed by atoms with van der Waals surface area (Å²) in [5, 5.41) is 13.6. The molecule has 1 unspecified atom stereocenters. The third-order valence-electron chi connectivity index (χ3n) is 7.70. The van der Waals surface area contributed by atoms with Gasteiger partial charge in [-0.2, -0.15) is 0 Å². The Labute approximate surface area is 259 Å². The fourth-order valence-electron chi connectivity index (χ4n) is 5.33. The van der Waals surface area contributed by atoms with E-state index in [-0.39, 0.29) is 37.1 Å². The Balaban J connectivity index is 0.00000242. The number of nitrogens with zero attached hydrogens (tertiary/aromatic N) is 4. The maximum atomic E-state index is 14.8. The van der Waals surface area contributed by atoms with Crippen LogP contribution in [0.2, 0.25) is 0 Å². The smallest absolute Gasteiger partial charge is 0.271 e. The average Bonchev–Trinajstić information content (AvgIpc) is 3.31. The van der Waals surface area contributed by atoms with Gasteiger partial charge >= 0.3 is 0 Å².